The van der Waals surface area contributed by atoms with Crippen molar-refractivity contribution in [1.29, 1.82) is 0 Å². The highest BCUT2D eigenvalue weighted by Gasteiger charge is 2.26. The lowest BCUT2D eigenvalue weighted by Gasteiger charge is -2.04. The second kappa shape index (κ2) is 4.40. The third-order valence-corrected chi connectivity index (χ3v) is 1.78. The van der Waals surface area contributed by atoms with Crippen LogP contribution in [-0.4, -0.2) is 17.0 Å². The second-order valence-electron chi connectivity index (χ2n) is 2.62. The molecule has 0 bridgehead atoms. The Kier molecular flexibility index (Phi) is 3.20. The van der Waals surface area contributed by atoms with E-state index in [1.807, 2.05) is 0 Å². The molecule has 0 saturated heterocycles. The van der Waals surface area contributed by atoms with Gasteiger partial charge in [0, 0.05) is 6.07 Å². The number of methoxy groups -OCH3 is 1. The molecule has 0 atom stereocenters. The molecule has 1 rings (SSSR count). The lowest BCUT2D eigenvalue weighted by Crippen LogP contribution is -2.06. The van der Waals surface area contributed by atoms with Gasteiger partial charge in [0.05, 0.1) is 17.0 Å². The van der Waals surface area contributed by atoms with E-state index in [-0.39, 0.29) is 11.5 Å². The summed E-state index contributed by atoms with van der Waals surface area (Å²) in [5.74, 6) is 4.33. The fraction of sp³-hybridized carbons (Fsp3) is 0.143. The normalized spacial score (nSPS) is 9.62. The fourth-order valence-corrected chi connectivity index (χ4v) is 1.08. The number of nitrogens with two attached hydrogens (primary N) is 1. The minimum absolute atomic E-state index is 0.170. The summed E-state index contributed by atoms with van der Waals surface area (Å²) in [6.07, 6.45) is 0. The van der Waals surface area contributed by atoms with Gasteiger partial charge in [-0.2, -0.15) is 5.90 Å². The van der Waals surface area contributed by atoms with Crippen LogP contribution in [0.25, 0.3) is 0 Å². The Hall–Kier alpha value is -2.42. The highest BCUT2D eigenvalue weighted by Crippen LogP contribution is 2.38. The number of nitrogens with zero attached hydrogens (tertiary/aromatic N) is 2. The van der Waals surface area contributed by atoms with E-state index in [9.17, 15) is 20.2 Å². The van der Waals surface area contributed by atoms with Crippen LogP contribution in [0.2, 0.25) is 0 Å². The molecule has 86 valence electrons. The van der Waals surface area contributed by atoms with Crippen molar-refractivity contribution >= 4 is 11.4 Å². The van der Waals surface area contributed by atoms with Gasteiger partial charge in [-0.3, -0.25) is 20.2 Å². The fourth-order valence-electron chi connectivity index (χ4n) is 1.08. The molecular formula is C7H7N3O6. The summed E-state index contributed by atoms with van der Waals surface area (Å²) < 4.78 is 4.68. The molecule has 0 amide bonds. The molecule has 0 aliphatic carbocycles. The van der Waals surface area contributed by atoms with Gasteiger partial charge in [-0.05, 0) is 0 Å². The van der Waals surface area contributed by atoms with E-state index in [4.69, 9.17) is 5.90 Å². The molecule has 0 radical (unpaired) electrons. The molecule has 0 saturated carbocycles. The maximum atomic E-state index is 10.6. The number of rotatable bonds is 4. The summed E-state index contributed by atoms with van der Waals surface area (Å²) in [4.78, 5) is 23.7. The van der Waals surface area contributed by atoms with Crippen LogP contribution in [0.1, 0.15) is 0 Å². The van der Waals surface area contributed by atoms with Gasteiger partial charge in [-0.1, -0.05) is 0 Å². The molecule has 0 spiro atoms. The van der Waals surface area contributed by atoms with Crippen molar-refractivity contribution in [3.05, 3.63) is 32.4 Å². The molecule has 2 N–H and O–H groups in total. The standard InChI is InChI=1S/C7H7N3O6/c1-15-6-3-7(16-8)5(10(13)14)2-4(6)9(11)12/h2-3H,8H2,1H3. The average Bonchev–Trinajstić information content (AvgIpc) is 2.26. The van der Waals surface area contributed by atoms with Gasteiger partial charge in [-0.25, -0.2) is 0 Å². The van der Waals surface area contributed by atoms with Crippen molar-refractivity contribution in [3.8, 4) is 11.5 Å². The van der Waals surface area contributed by atoms with Crippen LogP contribution < -0.4 is 15.5 Å². The van der Waals surface area contributed by atoms with E-state index >= 15 is 0 Å². The Morgan fingerprint density at radius 1 is 1.12 bits per heavy atom. The van der Waals surface area contributed by atoms with E-state index in [0.717, 1.165) is 12.1 Å². The highest BCUT2D eigenvalue weighted by molar-refractivity contribution is 5.61. The molecule has 1 aromatic rings. The van der Waals surface area contributed by atoms with Crippen molar-refractivity contribution in [2.45, 2.75) is 0 Å². The topological polar surface area (TPSA) is 131 Å². The number of hydrogen-bond acceptors (Lipinski definition) is 7. The van der Waals surface area contributed by atoms with Gasteiger partial charge in [0.2, 0.25) is 11.5 Å². The van der Waals surface area contributed by atoms with Crippen LogP contribution in [-0.2, 0) is 0 Å². The van der Waals surface area contributed by atoms with Crippen LogP contribution in [0.3, 0.4) is 0 Å². The van der Waals surface area contributed by atoms with Crippen molar-refractivity contribution in [2.75, 3.05) is 7.11 Å². The minimum atomic E-state index is -0.839. The third-order valence-electron chi connectivity index (χ3n) is 1.78. The molecule has 1 aromatic carbocycles. The summed E-state index contributed by atoms with van der Waals surface area (Å²) in [5, 5.41) is 21.1. The van der Waals surface area contributed by atoms with E-state index in [0.29, 0.717) is 0 Å². The first-order valence-electron chi connectivity index (χ1n) is 3.88. The van der Waals surface area contributed by atoms with Crippen LogP contribution >= 0.6 is 0 Å². The van der Waals surface area contributed by atoms with E-state index in [1.54, 1.807) is 0 Å². The molecule has 0 unspecified atom stereocenters. The van der Waals surface area contributed by atoms with Crippen molar-refractivity contribution in [1.82, 2.24) is 0 Å². The first-order valence-corrected chi connectivity index (χ1v) is 3.88. The van der Waals surface area contributed by atoms with Gasteiger partial charge in [-0.15, -0.1) is 0 Å². The zero-order valence-corrected chi connectivity index (χ0v) is 8.08. The quantitative estimate of drug-likeness (QED) is 0.595. The Balaban J connectivity index is 3.46. The van der Waals surface area contributed by atoms with Crippen molar-refractivity contribution < 1.29 is 19.4 Å². The second-order valence-corrected chi connectivity index (χ2v) is 2.62. The molecule has 0 aliphatic rings. The van der Waals surface area contributed by atoms with Crippen molar-refractivity contribution in [2.24, 2.45) is 5.90 Å². The van der Waals surface area contributed by atoms with E-state index in [1.165, 1.54) is 7.11 Å². The molecule has 9 nitrogen and oxygen atoms in total. The highest BCUT2D eigenvalue weighted by atomic mass is 16.6. The number of nitro groups is 2. The summed E-state index contributed by atoms with van der Waals surface area (Å²) in [7, 11) is 1.19. The summed E-state index contributed by atoms with van der Waals surface area (Å²) in [6, 6.07) is 1.71. The first-order chi connectivity index (χ1) is 7.51. The first kappa shape index (κ1) is 11.7. The van der Waals surface area contributed by atoms with Gasteiger partial charge >= 0.3 is 11.4 Å². The van der Waals surface area contributed by atoms with Gasteiger partial charge in [0.1, 0.15) is 6.07 Å². The lowest BCUT2D eigenvalue weighted by atomic mass is 10.2. The zero-order chi connectivity index (χ0) is 12.3. The molecule has 0 fully saturated rings. The summed E-state index contributed by atoms with van der Waals surface area (Å²) in [6.45, 7) is 0. The van der Waals surface area contributed by atoms with Crippen LogP contribution in [0.4, 0.5) is 11.4 Å². The predicted molar refractivity (Wildman–Crippen MR) is 51.1 cm³/mol. The lowest BCUT2D eigenvalue weighted by molar-refractivity contribution is -0.395. The van der Waals surface area contributed by atoms with Crippen LogP contribution in [0.15, 0.2) is 12.1 Å². The smallest absolute Gasteiger partial charge is 0.320 e. The van der Waals surface area contributed by atoms with Crippen molar-refractivity contribution in [3.63, 3.8) is 0 Å². The number of benzene rings is 1. The van der Waals surface area contributed by atoms with Crippen LogP contribution in [0, 0.1) is 20.2 Å². The monoisotopic (exact) mass is 229 g/mol. The molecule has 0 aliphatic heterocycles. The van der Waals surface area contributed by atoms with Crippen LogP contribution in [0.5, 0.6) is 11.5 Å². The molecule has 0 aromatic heterocycles. The zero-order valence-electron chi connectivity index (χ0n) is 8.08. The Morgan fingerprint density at radius 2 is 1.62 bits per heavy atom. The summed E-state index contributed by atoms with van der Waals surface area (Å²) >= 11 is 0. The minimum Gasteiger partial charge on any atom is -0.490 e. The largest absolute Gasteiger partial charge is 0.490 e. The third kappa shape index (κ3) is 1.98. The van der Waals surface area contributed by atoms with E-state index in [2.05, 4.69) is 9.57 Å². The maximum absolute atomic E-state index is 10.6. The predicted octanol–water partition coefficient (Wildman–Crippen LogP) is 0.764. The number of hydrogen-bond donors (Lipinski definition) is 1. The Labute approximate surface area is 88.6 Å². The molecule has 0 heterocycles. The molecule has 9 heteroatoms. The number of ether oxygens (including phenoxy) is 1. The van der Waals surface area contributed by atoms with E-state index < -0.39 is 21.2 Å². The Bertz CT molecular complexity index is 409. The SMILES string of the molecule is COc1cc(ON)c([N+](=O)[O-])cc1[N+](=O)[O-]. The van der Waals surface area contributed by atoms with Gasteiger partial charge in [0.25, 0.3) is 0 Å². The average molecular weight is 229 g/mol. The maximum Gasteiger partial charge on any atom is 0.320 e. The molecule has 16 heavy (non-hydrogen) atoms. The molecular weight excluding hydrogens is 222 g/mol. The van der Waals surface area contributed by atoms with Gasteiger partial charge in [0.15, 0.2) is 0 Å². The Morgan fingerprint density at radius 3 is 2.00 bits per heavy atom. The summed E-state index contributed by atoms with van der Waals surface area (Å²) in [5.41, 5.74) is -1.13. The van der Waals surface area contributed by atoms with Gasteiger partial charge < -0.3 is 9.57 Å². The number of nitro benzene ring substituents is 2.